The lowest BCUT2D eigenvalue weighted by Gasteiger charge is -2.29. The summed E-state index contributed by atoms with van der Waals surface area (Å²) in [4.78, 5) is 0. The number of aryl methyl sites for hydroxylation is 2. The molecule has 2 aliphatic rings. The summed E-state index contributed by atoms with van der Waals surface area (Å²) >= 11 is 0. The second-order valence-corrected chi connectivity index (χ2v) is 11.9. The molecule has 0 radical (unpaired) electrons. The van der Waals surface area contributed by atoms with Crippen LogP contribution in [0.25, 0.3) is 0 Å². The molecular weight excluding hydrogens is 432 g/mol. The maximum atomic E-state index is 11.5. The third-order valence-electron chi connectivity index (χ3n) is 9.04. The highest BCUT2D eigenvalue weighted by atomic mass is 16.3. The van der Waals surface area contributed by atoms with Crippen LogP contribution in [0.5, 0.6) is 11.5 Å². The minimum Gasteiger partial charge on any atom is -0.507 e. The zero-order valence-corrected chi connectivity index (χ0v) is 22.3. The molecule has 0 aromatic heterocycles. The molecule has 0 unspecified atom stereocenters. The lowest BCUT2D eigenvalue weighted by atomic mass is 9.77. The molecular formula is C32H46O3. The highest BCUT2D eigenvalue weighted by molar-refractivity contribution is 5.54. The first kappa shape index (κ1) is 26.1. The van der Waals surface area contributed by atoms with Crippen molar-refractivity contribution in [2.75, 3.05) is 6.61 Å². The van der Waals surface area contributed by atoms with E-state index in [1.807, 2.05) is 0 Å². The van der Waals surface area contributed by atoms with Crippen LogP contribution in [0.2, 0.25) is 0 Å². The molecule has 0 bridgehead atoms. The van der Waals surface area contributed by atoms with Crippen LogP contribution in [-0.2, 0) is 30.1 Å². The summed E-state index contributed by atoms with van der Waals surface area (Å²) in [6, 6.07) is 8.75. The van der Waals surface area contributed by atoms with E-state index in [0.717, 1.165) is 80.0 Å². The number of benzene rings is 2. The normalized spacial score (nSPS) is 18.9. The number of phenolic OH excluding ortho intramolecular Hbond substituents is 2. The summed E-state index contributed by atoms with van der Waals surface area (Å²) in [6.45, 7) is 7.00. The van der Waals surface area contributed by atoms with E-state index in [2.05, 4.69) is 45.0 Å². The minimum atomic E-state index is 0.00155. The van der Waals surface area contributed by atoms with Gasteiger partial charge in [-0.15, -0.1) is 0 Å². The molecule has 2 aromatic rings. The maximum Gasteiger partial charge on any atom is 0.122 e. The number of hydrogen-bond acceptors (Lipinski definition) is 3. The van der Waals surface area contributed by atoms with Gasteiger partial charge in [-0.1, -0.05) is 77.1 Å². The van der Waals surface area contributed by atoms with E-state index in [0.29, 0.717) is 17.9 Å². The molecule has 35 heavy (non-hydrogen) atoms. The minimum absolute atomic E-state index is 0.00155. The van der Waals surface area contributed by atoms with Gasteiger partial charge in [-0.3, -0.25) is 0 Å². The number of aromatic hydroxyl groups is 2. The average Bonchev–Trinajstić information content (AvgIpc) is 3.49. The highest BCUT2D eigenvalue weighted by Gasteiger charge is 2.35. The summed E-state index contributed by atoms with van der Waals surface area (Å²) in [5.74, 6) is 0.845. The van der Waals surface area contributed by atoms with E-state index in [-0.39, 0.29) is 17.4 Å². The monoisotopic (exact) mass is 478 g/mol. The van der Waals surface area contributed by atoms with Crippen LogP contribution in [0.15, 0.2) is 24.3 Å². The van der Waals surface area contributed by atoms with Gasteiger partial charge in [0, 0.05) is 24.2 Å². The number of rotatable bonds is 10. The number of aliphatic hydroxyl groups excluding tert-OH is 1. The first-order chi connectivity index (χ1) is 16.8. The Balaban J connectivity index is 1.78. The van der Waals surface area contributed by atoms with Crippen LogP contribution in [0.3, 0.4) is 0 Å². The second-order valence-electron chi connectivity index (χ2n) is 11.9. The number of phenols is 2. The van der Waals surface area contributed by atoms with Crippen LogP contribution < -0.4 is 0 Å². The molecule has 0 heterocycles. The number of unbranched alkanes of at least 4 members (excludes halogenated alkanes) is 1. The van der Waals surface area contributed by atoms with Crippen molar-refractivity contribution in [3.8, 4) is 11.5 Å². The molecule has 2 fully saturated rings. The molecule has 0 aliphatic heterocycles. The van der Waals surface area contributed by atoms with Gasteiger partial charge in [0.05, 0.1) is 0 Å². The van der Waals surface area contributed by atoms with Crippen molar-refractivity contribution < 1.29 is 15.3 Å². The van der Waals surface area contributed by atoms with Crippen LogP contribution in [0.4, 0.5) is 0 Å². The summed E-state index contributed by atoms with van der Waals surface area (Å²) in [5.41, 5.74) is 6.55. The van der Waals surface area contributed by atoms with E-state index in [1.54, 1.807) is 0 Å². The number of aliphatic hydroxyl groups is 1. The zero-order chi connectivity index (χ0) is 25.1. The Bertz CT molecular complexity index is 928. The SMILES string of the molecule is CCCCc1cc(Cc2cc(CCCO)cc(C3(C)CCCC3)c2O)c(O)c(C2(C)CCCC2)c1. The Hall–Kier alpha value is -2.00. The van der Waals surface area contributed by atoms with Crippen molar-refractivity contribution >= 4 is 0 Å². The van der Waals surface area contributed by atoms with Gasteiger partial charge >= 0.3 is 0 Å². The Labute approximate surface area is 212 Å². The van der Waals surface area contributed by atoms with Crippen LogP contribution in [-0.4, -0.2) is 21.9 Å². The first-order valence-corrected chi connectivity index (χ1v) is 14.1. The van der Waals surface area contributed by atoms with E-state index >= 15 is 0 Å². The summed E-state index contributed by atoms with van der Waals surface area (Å²) in [6.07, 6.45) is 14.7. The van der Waals surface area contributed by atoms with E-state index in [4.69, 9.17) is 0 Å². The molecule has 192 valence electrons. The molecule has 4 rings (SSSR count). The quantitative estimate of drug-likeness (QED) is 0.329. The molecule has 3 nitrogen and oxygen atoms in total. The Morgan fingerprint density at radius 3 is 1.51 bits per heavy atom. The molecule has 0 atom stereocenters. The van der Waals surface area contributed by atoms with Crippen molar-refractivity contribution in [3.05, 3.63) is 57.6 Å². The average molecular weight is 479 g/mol. The van der Waals surface area contributed by atoms with Crippen molar-refractivity contribution in [1.82, 2.24) is 0 Å². The molecule has 3 heteroatoms. The van der Waals surface area contributed by atoms with Crippen LogP contribution in [0, 0.1) is 0 Å². The van der Waals surface area contributed by atoms with Gasteiger partial charge in [-0.2, -0.15) is 0 Å². The summed E-state index contributed by atoms with van der Waals surface area (Å²) < 4.78 is 0. The predicted molar refractivity (Wildman–Crippen MR) is 145 cm³/mol. The predicted octanol–water partition coefficient (Wildman–Crippen LogP) is 7.62. The summed E-state index contributed by atoms with van der Waals surface area (Å²) in [7, 11) is 0. The fraction of sp³-hybridized carbons (Fsp3) is 0.625. The third kappa shape index (κ3) is 5.56. The van der Waals surface area contributed by atoms with E-state index in [1.165, 1.54) is 36.8 Å². The maximum absolute atomic E-state index is 11.5. The van der Waals surface area contributed by atoms with Gasteiger partial charge in [-0.25, -0.2) is 0 Å². The van der Waals surface area contributed by atoms with Gasteiger partial charge in [0.1, 0.15) is 11.5 Å². The van der Waals surface area contributed by atoms with Gasteiger partial charge in [-0.05, 0) is 84.5 Å². The first-order valence-electron chi connectivity index (χ1n) is 14.1. The Morgan fingerprint density at radius 2 is 1.11 bits per heavy atom. The van der Waals surface area contributed by atoms with E-state index in [9.17, 15) is 15.3 Å². The number of hydrogen-bond donors (Lipinski definition) is 3. The Morgan fingerprint density at radius 1 is 0.686 bits per heavy atom. The summed E-state index contributed by atoms with van der Waals surface area (Å²) in [5, 5.41) is 32.5. The fourth-order valence-corrected chi connectivity index (χ4v) is 6.72. The van der Waals surface area contributed by atoms with Gasteiger partial charge in [0.25, 0.3) is 0 Å². The molecule has 2 aromatic carbocycles. The molecule has 2 saturated carbocycles. The van der Waals surface area contributed by atoms with Gasteiger partial charge in [0.15, 0.2) is 0 Å². The second kappa shape index (κ2) is 10.9. The molecule has 3 N–H and O–H groups in total. The van der Waals surface area contributed by atoms with E-state index < -0.39 is 0 Å². The van der Waals surface area contributed by atoms with Crippen molar-refractivity contribution in [2.45, 2.75) is 121 Å². The van der Waals surface area contributed by atoms with Crippen molar-refractivity contribution in [3.63, 3.8) is 0 Å². The standard InChI is InChI=1S/C32H46O3/c1-4-5-11-23-18-25(29(34)27(20-23)31(2)13-6-7-14-31)22-26-19-24(12-10-17-33)21-28(30(26)35)32(3)15-8-9-16-32/h18-21,33-35H,4-17,22H2,1-3H3. The zero-order valence-electron chi connectivity index (χ0n) is 22.3. The molecule has 0 amide bonds. The largest absolute Gasteiger partial charge is 0.507 e. The topological polar surface area (TPSA) is 60.7 Å². The van der Waals surface area contributed by atoms with Crippen molar-refractivity contribution in [1.29, 1.82) is 0 Å². The lowest BCUT2D eigenvalue weighted by molar-refractivity contribution is 0.288. The van der Waals surface area contributed by atoms with Crippen LogP contribution in [0.1, 0.15) is 125 Å². The lowest BCUT2D eigenvalue weighted by Crippen LogP contribution is -2.19. The third-order valence-corrected chi connectivity index (χ3v) is 9.04. The van der Waals surface area contributed by atoms with Gasteiger partial charge < -0.3 is 15.3 Å². The molecule has 0 spiro atoms. The smallest absolute Gasteiger partial charge is 0.122 e. The van der Waals surface area contributed by atoms with Crippen LogP contribution >= 0.6 is 0 Å². The van der Waals surface area contributed by atoms with Crippen molar-refractivity contribution in [2.24, 2.45) is 0 Å². The molecule has 0 saturated heterocycles. The highest BCUT2D eigenvalue weighted by Crippen LogP contribution is 2.48. The fourth-order valence-electron chi connectivity index (χ4n) is 6.72. The van der Waals surface area contributed by atoms with Gasteiger partial charge in [0.2, 0.25) is 0 Å². The Kier molecular flexibility index (Phi) is 8.16. The molecule has 2 aliphatic carbocycles.